The van der Waals surface area contributed by atoms with Crippen LogP contribution in [-0.2, 0) is 36.8 Å². The number of hydrogen-bond donors (Lipinski definition) is 5. The number of aliphatic hydroxyl groups excluding tert-OH is 1. The smallest absolute Gasteiger partial charge is 0.390 e. The Hall–Kier alpha value is -2.71. The number of ether oxygens (including phenoxy) is 1. The van der Waals surface area contributed by atoms with Gasteiger partial charge in [-0.3, -0.25) is 24.0 Å². The third kappa shape index (κ3) is 6.71. The van der Waals surface area contributed by atoms with Crippen LogP contribution in [0.3, 0.4) is 0 Å². The monoisotopic (exact) mass is 803 g/mol. The van der Waals surface area contributed by atoms with Gasteiger partial charge < -0.3 is 24.7 Å². The first-order valence-electron chi connectivity index (χ1n) is 18.6. The molecule has 3 fully saturated rings. The minimum absolute atomic E-state index is 0.0175. The number of phosphoric acid groups is 2. The number of Topliss-reactive ketones (excluding diaryl/α,β-unsaturated/α-hetero) is 1. The zero-order valence-electron chi connectivity index (χ0n) is 30.9. The van der Waals surface area contributed by atoms with Crippen molar-refractivity contribution in [1.82, 2.24) is 5.32 Å². The molecule has 5 aliphatic carbocycles. The number of carbonyl (C=O) groups excluding carboxylic acids is 2. The van der Waals surface area contributed by atoms with E-state index < -0.39 is 80.6 Å². The zero-order chi connectivity index (χ0) is 39.6. The van der Waals surface area contributed by atoms with Gasteiger partial charge in [0.2, 0.25) is 0 Å². The van der Waals surface area contributed by atoms with Crippen molar-refractivity contribution in [3.05, 3.63) is 83.5 Å². The summed E-state index contributed by atoms with van der Waals surface area (Å²) in [6.07, 6.45) is 3.20. The average Bonchev–Trinajstić information content (AvgIpc) is 3.55. The second-order valence-corrected chi connectivity index (χ2v) is 19.0. The van der Waals surface area contributed by atoms with Gasteiger partial charge in [0.25, 0.3) is 0 Å². The van der Waals surface area contributed by atoms with E-state index in [0.29, 0.717) is 18.6 Å². The van der Waals surface area contributed by atoms with E-state index >= 15 is 4.39 Å². The van der Waals surface area contributed by atoms with Gasteiger partial charge in [-0.2, -0.15) is 4.31 Å². The lowest BCUT2D eigenvalue weighted by Gasteiger charge is -2.62. The maximum absolute atomic E-state index is 17.4. The number of nitrogens with one attached hydrogen (secondary N) is 1. The number of benzene rings is 2. The second-order valence-electron chi connectivity index (χ2n) is 16.0. The highest BCUT2D eigenvalue weighted by atomic mass is 31.3. The first-order valence-corrected chi connectivity index (χ1v) is 21.6. The van der Waals surface area contributed by atoms with Crippen molar-refractivity contribution in [3.63, 3.8) is 0 Å². The molecule has 10 unspecified atom stereocenters. The van der Waals surface area contributed by atoms with Gasteiger partial charge in [-0.1, -0.05) is 74.0 Å². The summed E-state index contributed by atoms with van der Waals surface area (Å²) in [5.74, 6) is -3.35. The van der Waals surface area contributed by atoms with Crippen LogP contribution < -0.4 is 5.32 Å². The van der Waals surface area contributed by atoms with E-state index in [1.807, 2.05) is 24.3 Å². The number of alkyl halides is 1. The summed E-state index contributed by atoms with van der Waals surface area (Å²) in [5, 5.41) is 26.5. The third-order valence-electron chi connectivity index (χ3n) is 13.2. The molecule has 0 aliphatic heterocycles. The third-order valence-corrected chi connectivity index (χ3v) is 15.8. The Kier molecular flexibility index (Phi) is 10.7. The molecule has 0 heterocycles. The summed E-state index contributed by atoms with van der Waals surface area (Å²) in [5.41, 5.74) is -1.78. The lowest BCUT2D eigenvalue weighted by Crippen LogP contribution is -2.69. The standard InChI is InChI=1S/C39H48FNO12P2/c1-24-18-33-32-13-12-25-19-26(42)14-15-36(25,2)38(32,40)34(43)20-37(33,3)39(24,45)35(44)22-52-55(48,49)53-54(46,47)51-17-16-41-23-50-21-31-29-10-6-4-8-27(29)28-9-5-7-11-30(28)31/h4-11,14-15,19,24,31-34,41,43,45H,12-13,16-18,20-23H2,1-3H3,(H,46,47)(H,48,49). The van der Waals surface area contributed by atoms with E-state index in [2.05, 4.69) is 33.9 Å². The van der Waals surface area contributed by atoms with Gasteiger partial charge in [-0.25, -0.2) is 13.5 Å². The minimum atomic E-state index is -5.39. The Bertz CT molecular complexity index is 1980. The second kappa shape index (κ2) is 14.6. The quantitative estimate of drug-likeness (QED) is 0.0909. The molecule has 2 aromatic carbocycles. The molecule has 3 saturated carbocycles. The lowest BCUT2D eigenvalue weighted by molar-refractivity contribution is -0.219. The van der Waals surface area contributed by atoms with E-state index in [-0.39, 0.29) is 44.2 Å². The van der Waals surface area contributed by atoms with Crippen molar-refractivity contribution in [2.24, 2.45) is 28.6 Å². The molecule has 0 bridgehead atoms. The number of phosphoric ester groups is 2. The van der Waals surface area contributed by atoms with Crippen LogP contribution in [0.4, 0.5) is 4.39 Å². The van der Waals surface area contributed by atoms with E-state index in [1.54, 1.807) is 20.8 Å². The van der Waals surface area contributed by atoms with E-state index in [9.17, 15) is 38.7 Å². The van der Waals surface area contributed by atoms with Gasteiger partial charge >= 0.3 is 15.6 Å². The molecule has 298 valence electrons. The summed E-state index contributed by atoms with van der Waals surface area (Å²) in [6, 6.07) is 16.2. The highest BCUT2D eigenvalue weighted by molar-refractivity contribution is 7.61. The molecular formula is C39H48FNO12P2. The molecule has 10 atom stereocenters. The fraction of sp³-hybridized carbons (Fsp3) is 0.538. The van der Waals surface area contributed by atoms with Gasteiger partial charge in [0.15, 0.2) is 17.2 Å². The Morgan fingerprint density at radius 3 is 2.31 bits per heavy atom. The minimum Gasteiger partial charge on any atom is -0.390 e. The Labute approximate surface area is 319 Å². The van der Waals surface area contributed by atoms with Crippen molar-refractivity contribution in [1.29, 1.82) is 0 Å². The van der Waals surface area contributed by atoms with Crippen molar-refractivity contribution in [2.75, 3.05) is 33.1 Å². The number of ketones is 2. The van der Waals surface area contributed by atoms with Gasteiger partial charge in [0.1, 0.15) is 12.2 Å². The summed E-state index contributed by atoms with van der Waals surface area (Å²) in [6.45, 7) is 3.78. The number of rotatable bonds is 14. The summed E-state index contributed by atoms with van der Waals surface area (Å²) >= 11 is 0. The summed E-state index contributed by atoms with van der Waals surface area (Å²) in [7, 11) is -10.6. The molecule has 0 amide bonds. The van der Waals surface area contributed by atoms with Crippen molar-refractivity contribution in [2.45, 2.75) is 69.7 Å². The van der Waals surface area contributed by atoms with Crippen molar-refractivity contribution in [3.8, 4) is 11.1 Å². The highest BCUT2D eigenvalue weighted by Crippen LogP contribution is 2.71. The van der Waals surface area contributed by atoms with Crippen LogP contribution in [0.5, 0.6) is 0 Å². The van der Waals surface area contributed by atoms with Crippen molar-refractivity contribution >= 4 is 27.2 Å². The number of halogens is 1. The molecule has 7 rings (SSSR count). The number of fused-ring (bicyclic) bond motifs is 8. The maximum atomic E-state index is 17.4. The van der Waals surface area contributed by atoms with Crippen LogP contribution in [0.1, 0.15) is 63.5 Å². The van der Waals surface area contributed by atoms with Gasteiger partial charge in [0, 0.05) is 29.2 Å². The molecule has 0 spiro atoms. The predicted molar refractivity (Wildman–Crippen MR) is 198 cm³/mol. The van der Waals surface area contributed by atoms with Crippen LogP contribution in [0.2, 0.25) is 0 Å². The number of aliphatic hydroxyl groups is 2. The molecule has 0 radical (unpaired) electrons. The predicted octanol–water partition coefficient (Wildman–Crippen LogP) is 5.53. The molecule has 13 nitrogen and oxygen atoms in total. The van der Waals surface area contributed by atoms with Crippen LogP contribution in [-0.4, -0.2) is 82.0 Å². The molecule has 2 aromatic rings. The van der Waals surface area contributed by atoms with E-state index in [4.69, 9.17) is 13.8 Å². The molecule has 0 aromatic heterocycles. The molecule has 5 aliphatic rings. The molecule has 55 heavy (non-hydrogen) atoms. The first-order chi connectivity index (χ1) is 25.9. The Morgan fingerprint density at radius 1 is 1.00 bits per heavy atom. The number of hydrogen-bond acceptors (Lipinski definition) is 11. The van der Waals surface area contributed by atoms with Crippen LogP contribution in [0, 0.1) is 28.6 Å². The van der Waals surface area contributed by atoms with Crippen LogP contribution in [0.15, 0.2) is 72.3 Å². The largest absolute Gasteiger partial charge is 0.481 e. The van der Waals surface area contributed by atoms with Crippen LogP contribution in [0.25, 0.3) is 11.1 Å². The highest BCUT2D eigenvalue weighted by Gasteiger charge is 2.75. The SMILES string of the molecule is CC1CC2C3CCC4=CC(=O)C=CC4(C)C3(F)C(O)CC2(C)C1(O)C(=O)COP(=O)(O)OP(=O)(O)OCCNCOCC1c2ccccc2-c2ccccc21. The normalized spacial score (nSPS) is 35.8. The Balaban J connectivity index is 0.900. The fourth-order valence-electron chi connectivity index (χ4n) is 10.6. The van der Waals surface area contributed by atoms with Gasteiger partial charge in [-0.05, 0) is 78.8 Å². The van der Waals surface area contributed by atoms with Crippen LogP contribution >= 0.6 is 15.6 Å². The van der Waals surface area contributed by atoms with Gasteiger partial charge in [0.05, 0.1) is 26.0 Å². The topological polar surface area (TPSA) is 198 Å². The van der Waals surface area contributed by atoms with E-state index in [1.165, 1.54) is 18.2 Å². The summed E-state index contributed by atoms with van der Waals surface area (Å²) in [4.78, 5) is 46.3. The number of carbonyl (C=O) groups is 2. The van der Waals surface area contributed by atoms with Crippen molar-refractivity contribution < 1.29 is 61.2 Å². The molecule has 5 N–H and O–H groups in total. The zero-order valence-corrected chi connectivity index (χ0v) is 32.7. The van der Waals surface area contributed by atoms with Gasteiger partial charge in [-0.15, -0.1) is 0 Å². The Morgan fingerprint density at radius 2 is 1.64 bits per heavy atom. The molecule has 0 saturated heterocycles. The molecular weight excluding hydrogens is 755 g/mol. The summed E-state index contributed by atoms with van der Waals surface area (Å²) < 4.78 is 62.6. The van der Waals surface area contributed by atoms with E-state index in [0.717, 1.165) is 22.3 Å². The molecule has 16 heteroatoms. The maximum Gasteiger partial charge on any atom is 0.481 e. The fourth-order valence-corrected chi connectivity index (χ4v) is 12.6. The average molecular weight is 804 g/mol. The first kappa shape index (κ1) is 40.5. The lowest BCUT2D eigenvalue weighted by atomic mass is 9.44. The number of allylic oxidation sites excluding steroid dienone is 4.